The lowest BCUT2D eigenvalue weighted by atomic mass is 9.76. The second kappa shape index (κ2) is 16.6. The average Bonchev–Trinajstić information content (AvgIpc) is 2.77. The first-order valence-electron chi connectivity index (χ1n) is 12.0. The lowest BCUT2D eigenvalue weighted by Gasteiger charge is -2.40. The van der Waals surface area contributed by atoms with E-state index < -0.39 is 8.80 Å². The van der Waals surface area contributed by atoms with Crippen LogP contribution < -0.4 is 0 Å². The molecule has 7 heteroatoms. The Morgan fingerprint density at radius 1 is 0.600 bits per heavy atom. The molecule has 0 aromatic rings. The van der Waals surface area contributed by atoms with Gasteiger partial charge in [-0.05, 0) is 104 Å². The zero-order valence-electron chi connectivity index (χ0n) is 21.8. The monoisotopic (exact) mass is 447 g/mol. The van der Waals surface area contributed by atoms with Crippen LogP contribution in [-0.4, -0.2) is 105 Å². The zero-order valence-corrected chi connectivity index (χ0v) is 22.8. The number of nitrogens with zero attached hydrogens (tertiary/aromatic N) is 3. The lowest BCUT2D eigenvalue weighted by Crippen LogP contribution is -2.48. The highest BCUT2D eigenvalue weighted by atomic mass is 28.4. The van der Waals surface area contributed by atoms with Crippen LogP contribution in [0.3, 0.4) is 0 Å². The standard InChI is InChI=1S/C23H53N3O3Si/c1-10-24(4)19-13-16-23(17-14-20-25(5)11-2,18-15-21-26(6)12-3)22-30(27-7,28-8)29-9/h10-22H2,1-9H3. The smallest absolute Gasteiger partial charge is 0.377 e. The van der Waals surface area contributed by atoms with Gasteiger partial charge in [-0.25, -0.2) is 0 Å². The van der Waals surface area contributed by atoms with Gasteiger partial charge in [0.15, 0.2) is 0 Å². The topological polar surface area (TPSA) is 37.4 Å². The molecular formula is C23H53N3O3Si. The molecule has 0 heterocycles. The van der Waals surface area contributed by atoms with E-state index in [1.165, 1.54) is 38.5 Å². The van der Waals surface area contributed by atoms with Gasteiger partial charge in [0, 0.05) is 27.4 Å². The summed E-state index contributed by atoms with van der Waals surface area (Å²) in [6.45, 7) is 13.4. The van der Waals surface area contributed by atoms with Gasteiger partial charge >= 0.3 is 8.80 Å². The molecule has 0 aliphatic heterocycles. The highest BCUT2D eigenvalue weighted by Crippen LogP contribution is 2.43. The van der Waals surface area contributed by atoms with Gasteiger partial charge in [0.05, 0.1) is 0 Å². The van der Waals surface area contributed by atoms with Gasteiger partial charge in [-0.2, -0.15) is 0 Å². The third-order valence-corrected chi connectivity index (χ3v) is 9.93. The molecule has 0 saturated heterocycles. The molecule has 0 aromatic carbocycles. The van der Waals surface area contributed by atoms with Gasteiger partial charge in [0.2, 0.25) is 0 Å². The van der Waals surface area contributed by atoms with Crippen molar-refractivity contribution in [3.63, 3.8) is 0 Å². The summed E-state index contributed by atoms with van der Waals surface area (Å²) in [5, 5.41) is 0. The van der Waals surface area contributed by atoms with E-state index in [0.29, 0.717) is 0 Å². The van der Waals surface area contributed by atoms with Crippen LogP contribution in [0.25, 0.3) is 0 Å². The second-order valence-corrected chi connectivity index (χ2v) is 11.9. The Balaban J connectivity index is 5.52. The maximum absolute atomic E-state index is 5.90. The molecule has 0 radical (unpaired) electrons. The normalized spacial score (nSPS) is 13.2. The van der Waals surface area contributed by atoms with E-state index in [0.717, 1.165) is 45.3 Å². The SMILES string of the molecule is CCN(C)CCCC(CCCN(C)CC)(CCCN(C)CC)C[Si](OC)(OC)OC. The Labute approximate surface area is 189 Å². The Morgan fingerprint density at radius 2 is 0.900 bits per heavy atom. The highest BCUT2D eigenvalue weighted by Gasteiger charge is 2.46. The van der Waals surface area contributed by atoms with Crippen molar-refractivity contribution in [2.75, 3.05) is 81.7 Å². The largest absolute Gasteiger partial charge is 0.500 e. The summed E-state index contributed by atoms with van der Waals surface area (Å²) >= 11 is 0. The van der Waals surface area contributed by atoms with Crippen molar-refractivity contribution in [3.8, 4) is 0 Å². The minimum absolute atomic E-state index is 0.200. The maximum atomic E-state index is 5.90. The fourth-order valence-electron chi connectivity index (χ4n) is 4.21. The van der Waals surface area contributed by atoms with E-state index in [4.69, 9.17) is 13.3 Å². The fraction of sp³-hybridized carbons (Fsp3) is 1.00. The minimum atomic E-state index is -2.65. The Kier molecular flexibility index (Phi) is 16.6. The molecule has 30 heavy (non-hydrogen) atoms. The van der Waals surface area contributed by atoms with Crippen molar-refractivity contribution in [2.45, 2.75) is 65.3 Å². The van der Waals surface area contributed by atoms with Crippen molar-refractivity contribution in [1.82, 2.24) is 14.7 Å². The first-order chi connectivity index (χ1) is 14.3. The molecule has 0 N–H and O–H groups in total. The quantitative estimate of drug-likeness (QED) is 0.262. The molecule has 0 spiro atoms. The van der Waals surface area contributed by atoms with Gasteiger partial charge in [-0.3, -0.25) is 0 Å². The van der Waals surface area contributed by atoms with Crippen molar-refractivity contribution < 1.29 is 13.3 Å². The molecule has 182 valence electrons. The van der Waals surface area contributed by atoms with Gasteiger partial charge in [-0.15, -0.1) is 0 Å². The van der Waals surface area contributed by atoms with E-state index in [2.05, 4.69) is 56.6 Å². The highest BCUT2D eigenvalue weighted by molar-refractivity contribution is 6.60. The van der Waals surface area contributed by atoms with E-state index in [-0.39, 0.29) is 5.41 Å². The van der Waals surface area contributed by atoms with Crippen LogP contribution in [-0.2, 0) is 13.3 Å². The van der Waals surface area contributed by atoms with Crippen LogP contribution in [0.5, 0.6) is 0 Å². The number of rotatable bonds is 20. The van der Waals surface area contributed by atoms with Crippen molar-refractivity contribution >= 4 is 8.80 Å². The van der Waals surface area contributed by atoms with E-state index in [1.807, 2.05) is 0 Å². The Bertz CT molecular complexity index is 362. The molecule has 0 aliphatic rings. The van der Waals surface area contributed by atoms with E-state index in [1.54, 1.807) is 21.3 Å². The number of hydrogen-bond acceptors (Lipinski definition) is 6. The number of hydrogen-bond donors (Lipinski definition) is 0. The maximum Gasteiger partial charge on any atom is 0.500 e. The van der Waals surface area contributed by atoms with E-state index in [9.17, 15) is 0 Å². The summed E-state index contributed by atoms with van der Waals surface area (Å²) in [7, 11) is 9.26. The van der Waals surface area contributed by atoms with Crippen LogP contribution in [0.1, 0.15) is 59.3 Å². The van der Waals surface area contributed by atoms with E-state index >= 15 is 0 Å². The molecule has 0 bridgehead atoms. The van der Waals surface area contributed by atoms with Crippen LogP contribution in [0.15, 0.2) is 0 Å². The second-order valence-electron chi connectivity index (χ2n) is 8.97. The predicted octanol–water partition coefficient (Wildman–Crippen LogP) is 4.05. The molecular weight excluding hydrogens is 394 g/mol. The van der Waals surface area contributed by atoms with Crippen molar-refractivity contribution in [3.05, 3.63) is 0 Å². The van der Waals surface area contributed by atoms with Gasteiger partial charge < -0.3 is 28.0 Å². The first-order valence-corrected chi connectivity index (χ1v) is 13.9. The summed E-state index contributed by atoms with van der Waals surface area (Å²) < 4.78 is 17.7. The van der Waals surface area contributed by atoms with Gasteiger partial charge in [0.25, 0.3) is 0 Å². The van der Waals surface area contributed by atoms with Crippen LogP contribution in [0.2, 0.25) is 6.04 Å². The summed E-state index contributed by atoms with van der Waals surface area (Å²) in [5.74, 6) is 0. The van der Waals surface area contributed by atoms with Crippen molar-refractivity contribution in [1.29, 1.82) is 0 Å². The molecule has 0 atom stereocenters. The predicted molar refractivity (Wildman–Crippen MR) is 131 cm³/mol. The molecule has 0 rings (SSSR count). The Hall–Kier alpha value is -0.0231. The molecule has 6 nitrogen and oxygen atoms in total. The summed E-state index contributed by atoms with van der Waals surface area (Å²) in [4.78, 5) is 7.23. The summed E-state index contributed by atoms with van der Waals surface area (Å²) in [5.41, 5.74) is 0.200. The average molecular weight is 448 g/mol. The third kappa shape index (κ3) is 11.6. The van der Waals surface area contributed by atoms with Crippen molar-refractivity contribution in [2.24, 2.45) is 5.41 Å². The summed E-state index contributed by atoms with van der Waals surface area (Å²) in [6.07, 6.45) is 7.23. The molecule has 0 fully saturated rings. The minimum Gasteiger partial charge on any atom is -0.377 e. The summed E-state index contributed by atoms with van der Waals surface area (Å²) in [6, 6.07) is 0.908. The molecule has 0 aromatic heterocycles. The molecule has 0 saturated carbocycles. The molecule has 0 aliphatic carbocycles. The molecule has 0 amide bonds. The van der Waals surface area contributed by atoms with Gasteiger partial charge in [-0.1, -0.05) is 20.8 Å². The zero-order chi connectivity index (χ0) is 23.0. The van der Waals surface area contributed by atoms with Crippen LogP contribution >= 0.6 is 0 Å². The lowest BCUT2D eigenvalue weighted by molar-refractivity contribution is 0.0916. The molecule has 0 unspecified atom stereocenters. The third-order valence-electron chi connectivity index (χ3n) is 6.88. The van der Waals surface area contributed by atoms with Crippen LogP contribution in [0.4, 0.5) is 0 Å². The van der Waals surface area contributed by atoms with Gasteiger partial charge in [0.1, 0.15) is 0 Å². The first kappa shape index (κ1) is 30.0. The Morgan fingerprint density at radius 3 is 1.13 bits per heavy atom. The van der Waals surface area contributed by atoms with Crippen LogP contribution in [0, 0.1) is 5.41 Å². The fourth-order valence-corrected chi connectivity index (χ4v) is 6.59.